The number of methoxy groups -OCH3 is 1. The molecule has 0 heterocycles. The molecule has 23 heavy (non-hydrogen) atoms. The number of hydrazone groups is 1. The molecule has 1 amide bonds. The Morgan fingerprint density at radius 2 is 2.09 bits per heavy atom. The number of aromatic hydroxyl groups is 1. The van der Waals surface area contributed by atoms with E-state index >= 15 is 0 Å². The van der Waals surface area contributed by atoms with E-state index in [1.54, 1.807) is 36.4 Å². The third kappa shape index (κ3) is 4.47. The number of rotatable bonds is 6. The molecule has 0 aromatic heterocycles. The lowest BCUT2D eigenvalue weighted by Gasteiger charge is -2.10. The van der Waals surface area contributed by atoms with Gasteiger partial charge in [0.15, 0.2) is 11.5 Å². The highest BCUT2D eigenvalue weighted by molar-refractivity contribution is 5.95. The third-order valence-electron chi connectivity index (χ3n) is 2.98. The Labute approximate surface area is 134 Å². The number of carbonyl (C=O) groups is 1. The number of hydrogen-bond acceptors (Lipinski definition) is 5. The molecule has 2 N–H and O–H groups in total. The predicted octanol–water partition coefficient (Wildman–Crippen LogP) is 2.56. The van der Waals surface area contributed by atoms with Gasteiger partial charge in [-0.25, -0.2) is 5.43 Å². The van der Waals surface area contributed by atoms with Gasteiger partial charge in [0.25, 0.3) is 5.91 Å². The first kappa shape index (κ1) is 16.4. The van der Waals surface area contributed by atoms with Crippen LogP contribution in [-0.2, 0) is 0 Å². The van der Waals surface area contributed by atoms with Gasteiger partial charge in [-0.1, -0.05) is 12.1 Å². The number of amides is 1. The second-order valence-corrected chi connectivity index (χ2v) is 4.59. The van der Waals surface area contributed by atoms with E-state index in [1.165, 1.54) is 19.4 Å². The van der Waals surface area contributed by atoms with Crippen LogP contribution in [0.2, 0.25) is 0 Å². The Balaban J connectivity index is 2.07. The van der Waals surface area contributed by atoms with Crippen LogP contribution in [0.5, 0.6) is 17.2 Å². The van der Waals surface area contributed by atoms with Gasteiger partial charge in [-0.3, -0.25) is 4.79 Å². The van der Waals surface area contributed by atoms with Crippen LogP contribution in [0.3, 0.4) is 0 Å². The minimum atomic E-state index is -0.370. The van der Waals surface area contributed by atoms with Gasteiger partial charge in [-0.15, -0.1) is 0 Å². The zero-order chi connectivity index (χ0) is 16.7. The molecule has 0 saturated heterocycles. The topological polar surface area (TPSA) is 80.2 Å². The van der Waals surface area contributed by atoms with E-state index in [-0.39, 0.29) is 11.7 Å². The van der Waals surface area contributed by atoms with Crippen LogP contribution in [0.25, 0.3) is 0 Å². The molecule has 0 aliphatic rings. The fraction of sp³-hybridized carbons (Fsp3) is 0.176. The van der Waals surface area contributed by atoms with Crippen molar-refractivity contribution in [3.05, 3.63) is 53.6 Å². The number of hydrogen-bond donors (Lipinski definition) is 2. The van der Waals surface area contributed by atoms with Gasteiger partial charge >= 0.3 is 0 Å². The minimum absolute atomic E-state index is 0.136. The summed E-state index contributed by atoms with van der Waals surface area (Å²) in [6, 6.07) is 11.4. The molecule has 120 valence electrons. The molecule has 6 nitrogen and oxygen atoms in total. The Kier molecular flexibility index (Phi) is 5.57. The van der Waals surface area contributed by atoms with Gasteiger partial charge < -0.3 is 14.6 Å². The molecule has 2 rings (SSSR count). The minimum Gasteiger partial charge on any atom is -0.508 e. The lowest BCUT2D eigenvalue weighted by atomic mass is 10.2. The van der Waals surface area contributed by atoms with Crippen molar-refractivity contribution in [3.8, 4) is 17.2 Å². The Morgan fingerprint density at radius 3 is 2.78 bits per heavy atom. The summed E-state index contributed by atoms with van der Waals surface area (Å²) in [7, 11) is 1.54. The lowest BCUT2D eigenvalue weighted by Crippen LogP contribution is -2.17. The van der Waals surface area contributed by atoms with E-state index < -0.39 is 0 Å². The monoisotopic (exact) mass is 314 g/mol. The number of phenols is 1. The van der Waals surface area contributed by atoms with E-state index in [4.69, 9.17) is 9.47 Å². The molecule has 0 bridgehead atoms. The highest BCUT2D eigenvalue weighted by Crippen LogP contribution is 2.27. The summed E-state index contributed by atoms with van der Waals surface area (Å²) in [6.07, 6.45) is 1.45. The van der Waals surface area contributed by atoms with Gasteiger partial charge in [0, 0.05) is 5.56 Å². The number of ether oxygens (including phenoxy) is 2. The van der Waals surface area contributed by atoms with E-state index in [0.29, 0.717) is 29.2 Å². The largest absolute Gasteiger partial charge is 0.508 e. The van der Waals surface area contributed by atoms with E-state index in [9.17, 15) is 9.90 Å². The van der Waals surface area contributed by atoms with Crippen molar-refractivity contribution in [2.45, 2.75) is 6.92 Å². The maximum absolute atomic E-state index is 12.1. The number of phenolic OH excluding ortho intramolecular Hbond substituents is 1. The fourth-order valence-corrected chi connectivity index (χ4v) is 1.92. The Hall–Kier alpha value is -3.02. The first-order valence-electron chi connectivity index (χ1n) is 7.07. The van der Waals surface area contributed by atoms with E-state index in [0.717, 1.165) is 0 Å². The van der Waals surface area contributed by atoms with Crippen LogP contribution in [0.4, 0.5) is 0 Å². The number of carbonyl (C=O) groups excluding carboxylic acids is 1. The van der Waals surface area contributed by atoms with Crippen LogP contribution in [-0.4, -0.2) is 30.9 Å². The Bertz CT molecular complexity index is 713. The predicted molar refractivity (Wildman–Crippen MR) is 87.3 cm³/mol. The first-order chi connectivity index (χ1) is 11.1. The lowest BCUT2D eigenvalue weighted by molar-refractivity contribution is 0.0954. The molecule has 2 aromatic carbocycles. The quantitative estimate of drug-likeness (QED) is 0.634. The highest BCUT2D eigenvalue weighted by atomic mass is 16.5. The van der Waals surface area contributed by atoms with Crippen molar-refractivity contribution >= 4 is 12.1 Å². The van der Waals surface area contributed by atoms with Gasteiger partial charge in [0.2, 0.25) is 0 Å². The van der Waals surface area contributed by atoms with Gasteiger partial charge in [0.1, 0.15) is 5.75 Å². The smallest absolute Gasteiger partial charge is 0.271 e. The number of nitrogens with one attached hydrogen (secondary N) is 1. The van der Waals surface area contributed by atoms with Crippen molar-refractivity contribution in [1.82, 2.24) is 5.43 Å². The molecule has 0 radical (unpaired) electrons. The summed E-state index contributed by atoms with van der Waals surface area (Å²) < 4.78 is 10.6. The van der Waals surface area contributed by atoms with Crippen LogP contribution in [0, 0.1) is 0 Å². The van der Waals surface area contributed by atoms with Crippen molar-refractivity contribution in [1.29, 1.82) is 0 Å². The van der Waals surface area contributed by atoms with Crippen molar-refractivity contribution in [3.63, 3.8) is 0 Å². The average molecular weight is 314 g/mol. The van der Waals surface area contributed by atoms with E-state index in [1.807, 2.05) is 6.92 Å². The molecule has 0 fully saturated rings. The summed E-state index contributed by atoms with van der Waals surface area (Å²) in [5.41, 5.74) is 3.51. The molecular weight excluding hydrogens is 296 g/mol. The Morgan fingerprint density at radius 1 is 1.26 bits per heavy atom. The molecular formula is C17H18N2O4. The maximum atomic E-state index is 12.1. The summed E-state index contributed by atoms with van der Waals surface area (Å²) >= 11 is 0. The average Bonchev–Trinajstić information content (AvgIpc) is 2.55. The molecule has 0 atom stereocenters. The molecule has 6 heteroatoms. The molecule has 0 aliphatic carbocycles. The van der Waals surface area contributed by atoms with Crippen molar-refractivity contribution < 1.29 is 19.4 Å². The highest BCUT2D eigenvalue weighted by Gasteiger charge is 2.10. The zero-order valence-corrected chi connectivity index (χ0v) is 12.9. The normalized spacial score (nSPS) is 10.5. The first-order valence-corrected chi connectivity index (χ1v) is 7.07. The summed E-state index contributed by atoms with van der Waals surface area (Å²) in [4.78, 5) is 12.1. The third-order valence-corrected chi connectivity index (χ3v) is 2.98. The van der Waals surface area contributed by atoms with Crippen molar-refractivity contribution in [2.75, 3.05) is 13.7 Å². The molecule has 0 spiro atoms. The summed E-state index contributed by atoms with van der Waals surface area (Å²) in [5.74, 6) is 0.827. The van der Waals surface area contributed by atoms with Gasteiger partial charge in [-0.05, 0) is 42.8 Å². The van der Waals surface area contributed by atoms with E-state index in [2.05, 4.69) is 10.5 Å². The van der Waals surface area contributed by atoms with Gasteiger partial charge in [0.05, 0.1) is 19.9 Å². The number of nitrogens with zero attached hydrogens (tertiary/aromatic N) is 1. The van der Waals surface area contributed by atoms with Crippen LogP contribution >= 0.6 is 0 Å². The standard InChI is InChI=1S/C17H18N2O4/c1-3-23-16-10-13(7-8-15(16)22-2)17(21)19-18-11-12-5-4-6-14(20)9-12/h4-11,20H,3H2,1-2H3,(H,19,21)/b18-11+. The molecule has 0 unspecified atom stereocenters. The maximum Gasteiger partial charge on any atom is 0.271 e. The van der Waals surface area contributed by atoms with Crippen LogP contribution in [0.1, 0.15) is 22.8 Å². The fourth-order valence-electron chi connectivity index (χ4n) is 1.92. The van der Waals surface area contributed by atoms with Crippen LogP contribution in [0.15, 0.2) is 47.6 Å². The number of benzene rings is 2. The molecule has 0 aliphatic heterocycles. The SMILES string of the molecule is CCOc1cc(C(=O)N/N=C/c2cccc(O)c2)ccc1OC. The second kappa shape index (κ2) is 7.84. The van der Waals surface area contributed by atoms with Crippen LogP contribution < -0.4 is 14.9 Å². The molecule has 0 saturated carbocycles. The molecule has 2 aromatic rings. The van der Waals surface area contributed by atoms with Crippen molar-refractivity contribution in [2.24, 2.45) is 5.10 Å². The zero-order valence-electron chi connectivity index (χ0n) is 12.9. The van der Waals surface area contributed by atoms with Gasteiger partial charge in [-0.2, -0.15) is 5.10 Å². The summed E-state index contributed by atoms with van der Waals surface area (Å²) in [6.45, 7) is 2.32. The summed E-state index contributed by atoms with van der Waals surface area (Å²) in [5, 5.41) is 13.2. The second-order valence-electron chi connectivity index (χ2n) is 4.59.